The van der Waals surface area contributed by atoms with Gasteiger partial charge in [-0.05, 0) is 30.5 Å². The van der Waals surface area contributed by atoms with Gasteiger partial charge in [-0.15, -0.1) is 0 Å². The van der Waals surface area contributed by atoms with Crippen LogP contribution in [0.4, 0.5) is 4.79 Å². The van der Waals surface area contributed by atoms with E-state index < -0.39 is 5.54 Å². The molecule has 2 heterocycles. The fourth-order valence-corrected chi connectivity index (χ4v) is 3.25. The standard InChI is InChI=1S/C16H18ClN3O3/c1-19-14(22)16(18-15(19)23)6-8-20(9-7-16)13(21)10-11-2-4-12(17)5-3-11/h2-5H,6-10H2,1H3,(H,18,23). The fourth-order valence-electron chi connectivity index (χ4n) is 3.12. The molecule has 2 aliphatic heterocycles. The molecule has 0 radical (unpaired) electrons. The van der Waals surface area contributed by atoms with Gasteiger partial charge in [-0.2, -0.15) is 0 Å². The molecule has 2 fully saturated rings. The van der Waals surface area contributed by atoms with Gasteiger partial charge in [-0.25, -0.2) is 4.79 Å². The number of carbonyl (C=O) groups excluding carboxylic acids is 3. The lowest BCUT2D eigenvalue weighted by atomic mass is 9.87. The van der Waals surface area contributed by atoms with E-state index in [1.807, 2.05) is 12.1 Å². The van der Waals surface area contributed by atoms with Gasteiger partial charge in [0.1, 0.15) is 5.54 Å². The number of likely N-dealkylation sites (tertiary alicyclic amines) is 1. The van der Waals surface area contributed by atoms with Crippen molar-refractivity contribution in [1.82, 2.24) is 15.1 Å². The van der Waals surface area contributed by atoms with E-state index in [9.17, 15) is 14.4 Å². The number of nitrogens with zero attached hydrogens (tertiary/aromatic N) is 2. The first-order valence-corrected chi connectivity index (χ1v) is 7.92. The molecule has 1 aromatic rings. The van der Waals surface area contributed by atoms with Crippen molar-refractivity contribution in [2.24, 2.45) is 0 Å². The lowest BCUT2D eigenvalue weighted by molar-refractivity contribution is -0.137. The van der Waals surface area contributed by atoms with Gasteiger partial charge in [0.05, 0.1) is 6.42 Å². The number of urea groups is 1. The maximum Gasteiger partial charge on any atom is 0.324 e. The van der Waals surface area contributed by atoms with Crippen LogP contribution in [0.1, 0.15) is 18.4 Å². The first-order chi connectivity index (χ1) is 10.9. The Bertz CT molecular complexity index is 651. The van der Waals surface area contributed by atoms with E-state index in [1.165, 1.54) is 7.05 Å². The van der Waals surface area contributed by atoms with Crippen LogP contribution >= 0.6 is 11.6 Å². The zero-order chi connectivity index (χ0) is 16.6. The summed E-state index contributed by atoms with van der Waals surface area (Å²) in [6.45, 7) is 0.929. The van der Waals surface area contributed by atoms with E-state index in [0.717, 1.165) is 10.5 Å². The number of imide groups is 1. The molecule has 7 heteroatoms. The normalized spacial score (nSPS) is 20.1. The van der Waals surface area contributed by atoms with Crippen molar-refractivity contribution in [3.05, 3.63) is 34.9 Å². The third-order valence-electron chi connectivity index (χ3n) is 4.60. The largest absolute Gasteiger partial charge is 0.342 e. The highest BCUT2D eigenvalue weighted by Crippen LogP contribution is 2.29. The molecule has 0 bridgehead atoms. The molecule has 0 atom stereocenters. The Hall–Kier alpha value is -2.08. The van der Waals surface area contributed by atoms with Gasteiger partial charge in [0.2, 0.25) is 5.91 Å². The van der Waals surface area contributed by atoms with Crippen LogP contribution in [0.5, 0.6) is 0 Å². The molecule has 0 saturated carbocycles. The smallest absolute Gasteiger partial charge is 0.324 e. The monoisotopic (exact) mass is 335 g/mol. The fraction of sp³-hybridized carbons (Fsp3) is 0.438. The number of piperidine rings is 1. The molecule has 4 amide bonds. The van der Waals surface area contributed by atoms with E-state index >= 15 is 0 Å². The van der Waals surface area contributed by atoms with E-state index in [4.69, 9.17) is 11.6 Å². The van der Waals surface area contributed by atoms with Gasteiger partial charge in [0, 0.05) is 25.2 Å². The Morgan fingerprint density at radius 2 is 1.83 bits per heavy atom. The number of rotatable bonds is 2. The number of likely N-dealkylation sites (N-methyl/N-ethyl adjacent to an activating group) is 1. The number of nitrogens with one attached hydrogen (secondary N) is 1. The van der Waals surface area contributed by atoms with Gasteiger partial charge >= 0.3 is 6.03 Å². The lowest BCUT2D eigenvalue weighted by Crippen LogP contribution is -2.56. The van der Waals surface area contributed by atoms with Crippen LogP contribution < -0.4 is 5.32 Å². The topological polar surface area (TPSA) is 69.7 Å². The summed E-state index contributed by atoms with van der Waals surface area (Å²) < 4.78 is 0. The Kier molecular flexibility index (Phi) is 4.02. The molecular formula is C16H18ClN3O3. The minimum absolute atomic E-state index is 0.0206. The molecule has 2 aliphatic rings. The van der Waals surface area contributed by atoms with Crippen molar-refractivity contribution < 1.29 is 14.4 Å². The molecule has 3 rings (SSSR count). The SMILES string of the molecule is CN1C(=O)NC2(CCN(C(=O)Cc3ccc(Cl)cc3)CC2)C1=O. The number of benzene rings is 1. The predicted molar refractivity (Wildman–Crippen MR) is 85.0 cm³/mol. The third-order valence-corrected chi connectivity index (χ3v) is 4.86. The van der Waals surface area contributed by atoms with Crippen LogP contribution in [0.3, 0.4) is 0 Å². The average Bonchev–Trinajstić information content (AvgIpc) is 2.74. The Morgan fingerprint density at radius 3 is 2.35 bits per heavy atom. The van der Waals surface area contributed by atoms with Crippen LogP contribution in [0, 0.1) is 0 Å². The zero-order valence-electron chi connectivity index (χ0n) is 12.8. The van der Waals surface area contributed by atoms with Gasteiger partial charge < -0.3 is 10.2 Å². The summed E-state index contributed by atoms with van der Waals surface area (Å²) in [5.74, 6) is -0.181. The summed E-state index contributed by atoms with van der Waals surface area (Å²) in [5.41, 5.74) is 0.0766. The first kappa shape index (κ1) is 15.8. The summed E-state index contributed by atoms with van der Waals surface area (Å²) in [4.78, 5) is 39.1. The summed E-state index contributed by atoms with van der Waals surface area (Å²) in [5, 5.41) is 3.41. The molecule has 0 aliphatic carbocycles. The van der Waals surface area contributed by atoms with Crippen LogP contribution in [-0.4, -0.2) is 53.3 Å². The second-order valence-corrected chi connectivity index (χ2v) is 6.50. The lowest BCUT2D eigenvalue weighted by Gasteiger charge is -2.37. The zero-order valence-corrected chi connectivity index (χ0v) is 13.6. The molecule has 1 N–H and O–H groups in total. The second-order valence-electron chi connectivity index (χ2n) is 6.06. The molecular weight excluding hydrogens is 318 g/mol. The van der Waals surface area contributed by atoms with Crippen molar-refractivity contribution in [2.45, 2.75) is 24.8 Å². The highest BCUT2D eigenvalue weighted by Gasteiger charge is 2.51. The van der Waals surface area contributed by atoms with Crippen LogP contribution in [0.25, 0.3) is 0 Å². The molecule has 1 aromatic carbocycles. The quantitative estimate of drug-likeness (QED) is 0.831. The number of hydrogen-bond donors (Lipinski definition) is 1. The van der Waals surface area contributed by atoms with E-state index in [0.29, 0.717) is 37.4 Å². The number of amides is 4. The van der Waals surface area contributed by atoms with Crippen LogP contribution in [-0.2, 0) is 16.0 Å². The van der Waals surface area contributed by atoms with Crippen LogP contribution in [0.15, 0.2) is 24.3 Å². The van der Waals surface area contributed by atoms with Gasteiger partial charge in [-0.3, -0.25) is 14.5 Å². The van der Waals surface area contributed by atoms with E-state index in [2.05, 4.69) is 5.32 Å². The average molecular weight is 336 g/mol. The highest BCUT2D eigenvalue weighted by molar-refractivity contribution is 6.30. The van der Waals surface area contributed by atoms with Crippen molar-refractivity contribution in [2.75, 3.05) is 20.1 Å². The van der Waals surface area contributed by atoms with Gasteiger partial charge in [0.15, 0.2) is 0 Å². The van der Waals surface area contributed by atoms with Crippen LogP contribution in [0.2, 0.25) is 5.02 Å². The molecule has 122 valence electrons. The molecule has 0 aromatic heterocycles. The third kappa shape index (κ3) is 2.91. The number of hydrogen-bond acceptors (Lipinski definition) is 3. The van der Waals surface area contributed by atoms with E-state index in [1.54, 1.807) is 17.0 Å². The predicted octanol–water partition coefficient (Wildman–Crippen LogP) is 1.43. The molecule has 6 nitrogen and oxygen atoms in total. The maximum atomic E-state index is 12.4. The molecule has 23 heavy (non-hydrogen) atoms. The van der Waals surface area contributed by atoms with Crippen molar-refractivity contribution in [3.63, 3.8) is 0 Å². The minimum atomic E-state index is -0.830. The van der Waals surface area contributed by atoms with Crippen molar-refractivity contribution in [1.29, 1.82) is 0 Å². The van der Waals surface area contributed by atoms with Gasteiger partial charge in [-0.1, -0.05) is 23.7 Å². The molecule has 0 unspecified atom stereocenters. The summed E-state index contributed by atoms with van der Waals surface area (Å²) in [6, 6.07) is 6.83. The summed E-state index contributed by atoms with van der Waals surface area (Å²) in [7, 11) is 1.48. The maximum absolute atomic E-state index is 12.4. The Labute approximate surface area is 139 Å². The first-order valence-electron chi connectivity index (χ1n) is 7.54. The minimum Gasteiger partial charge on any atom is -0.342 e. The van der Waals surface area contributed by atoms with Crippen molar-refractivity contribution in [3.8, 4) is 0 Å². The summed E-state index contributed by atoms with van der Waals surface area (Å²) >= 11 is 5.84. The van der Waals surface area contributed by atoms with E-state index in [-0.39, 0.29) is 17.8 Å². The summed E-state index contributed by atoms with van der Waals surface area (Å²) in [6.07, 6.45) is 1.22. The molecule has 1 spiro atoms. The number of halogens is 1. The van der Waals surface area contributed by atoms with Gasteiger partial charge in [0.25, 0.3) is 5.91 Å². The molecule has 2 saturated heterocycles. The number of carbonyl (C=O) groups is 3. The Morgan fingerprint density at radius 1 is 1.22 bits per heavy atom. The highest BCUT2D eigenvalue weighted by atomic mass is 35.5. The second kappa shape index (κ2) is 5.85. The Balaban J connectivity index is 1.60. The van der Waals surface area contributed by atoms with Crippen molar-refractivity contribution >= 4 is 29.4 Å².